The summed E-state index contributed by atoms with van der Waals surface area (Å²) in [4.78, 5) is 0. The van der Waals surface area contributed by atoms with Gasteiger partial charge in [0, 0.05) is 23.0 Å². The van der Waals surface area contributed by atoms with Crippen LogP contribution in [0.15, 0.2) is 97.6 Å². The maximum absolute atomic E-state index is 3.96. The summed E-state index contributed by atoms with van der Waals surface area (Å²) in [5.41, 5.74) is 6.14. The number of hydrogen-bond acceptors (Lipinski definition) is 0. The summed E-state index contributed by atoms with van der Waals surface area (Å²) in [5.74, 6) is 0. The molecule has 4 aromatic rings. The van der Waals surface area contributed by atoms with E-state index in [4.69, 9.17) is 0 Å². The van der Waals surface area contributed by atoms with E-state index in [1.54, 1.807) is 0 Å². The van der Waals surface area contributed by atoms with Gasteiger partial charge in [-0.05, 0) is 17.2 Å². The summed E-state index contributed by atoms with van der Waals surface area (Å²) >= 11 is 0. The van der Waals surface area contributed by atoms with Gasteiger partial charge in [0.15, 0.2) is 0 Å². The van der Waals surface area contributed by atoms with E-state index in [2.05, 4.69) is 102 Å². The molecular formula is C25H21N. The van der Waals surface area contributed by atoms with Crippen LogP contribution in [-0.2, 0) is 6.54 Å². The monoisotopic (exact) mass is 335 g/mol. The number of allylic oxidation sites excluding steroid dienone is 1. The largest absolute Gasteiger partial charge is 0.336 e. The van der Waals surface area contributed by atoms with Crippen molar-refractivity contribution >= 4 is 23.1 Å². The van der Waals surface area contributed by atoms with E-state index in [9.17, 15) is 0 Å². The lowest BCUT2D eigenvalue weighted by Crippen LogP contribution is -1.98. The minimum absolute atomic E-state index is 0.782. The molecule has 0 atom stereocenters. The van der Waals surface area contributed by atoms with Crippen LogP contribution in [-0.4, -0.2) is 4.57 Å². The minimum Gasteiger partial charge on any atom is -0.336 e. The Balaban J connectivity index is 1.98. The summed E-state index contributed by atoms with van der Waals surface area (Å²) in [6.45, 7) is 4.74. The van der Waals surface area contributed by atoms with Crippen LogP contribution in [0.3, 0.4) is 0 Å². The third kappa shape index (κ3) is 3.00. The van der Waals surface area contributed by atoms with Crippen LogP contribution in [0.25, 0.3) is 34.3 Å². The Hall–Kier alpha value is -3.32. The van der Waals surface area contributed by atoms with E-state index < -0.39 is 0 Å². The number of hydrogen-bond donors (Lipinski definition) is 0. The standard InChI is InChI=1S/C25H21N/c1-2-19-26-24-16-10-9-15-22(24)23(18-17-20-11-5-3-6-12-20)25(26)21-13-7-4-8-14-21/h2-18H,1,19H2/b18-17+. The van der Waals surface area contributed by atoms with Crippen molar-refractivity contribution in [2.24, 2.45) is 0 Å². The molecule has 0 radical (unpaired) electrons. The first kappa shape index (κ1) is 16.2. The first-order valence-electron chi connectivity index (χ1n) is 8.89. The van der Waals surface area contributed by atoms with E-state index in [-0.39, 0.29) is 0 Å². The van der Waals surface area contributed by atoms with Crippen molar-refractivity contribution in [3.63, 3.8) is 0 Å². The number of rotatable bonds is 5. The van der Waals surface area contributed by atoms with Crippen molar-refractivity contribution in [3.8, 4) is 11.3 Å². The molecular weight excluding hydrogens is 314 g/mol. The second kappa shape index (κ2) is 7.28. The Morgan fingerprint density at radius 1 is 0.731 bits per heavy atom. The molecule has 0 saturated heterocycles. The molecule has 0 amide bonds. The van der Waals surface area contributed by atoms with Gasteiger partial charge in [-0.3, -0.25) is 0 Å². The lowest BCUT2D eigenvalue weighted by molar-refractivity contribution is 0.873. The van der Waals surface area contributed by atoms with Crippen LogP contribution < -0.4 is 0 Å². The van der Waals surface area contributed by atoms with E-state index in [1.165, 1.54) is 33.3 Å². The van der Waals surface area contributed by atoms with Crippen molar-refractivity contribution in [2.45, 2.75) is 6.54 Å². The highest BCUT2D eigenvalue weighted by Crippen LogP contribution is 2.35. The lowest BCUT2D eigenvalue weighted by Gasteiger charge is -2.09. The lowest BCUT2D eigenvalue weighted by atomic mass is 10.0. The molecule has 0 aliphatic heterocycles. The third-order valence-corrected chi connectivity index (χ3v) is 4.61. The zero-order chi connectivity index (χ0) is 17.8. The summed E-state index contributed by atoms with van der Waals surface area (Å²) in [6.07, 6.45) is 6.38. The number of benzene rings is 3. The normalized spacial score (nSPS) is 11.2. The number of fused-ring (bicyclic) bond motifs is 1. The Morgan fingerprint density at radius 3 is 2.12 bits per heavy atom. The van der Waals surface area contributed by atoms with Crippen LogP contribution in [0.2, 0.25) is 0 Å². The second-order valence-electron chi connectivity index (χ2n) is 6.29. The second-order valence-corrected chi connectivity index (χ2v) is 6.29. The molecule has 1 heterocycles. The van der Waals surface area contributed by atoms with Gasteiger partial charge in [-0.2, -0.15) is 0 Å². The molecule has 0 aliphatic carbocycles. The molecule has 3 aromatic carbocycles. The summed E-state index contributed by atoms with van der Waals surface area (Å²) in [6, 6.07) is 29.6. The van der Waals surface area contributed by atoms with Crippen molar-refractivity contribution in [1.82, 2.24) is 4.57 Å². The van der Waals surface area contributed by atoms with Crippen LogP contribution in [0, 0.1) is 0 Å². The van der Waals surface area contributed by atoms with E-state index >= 15 is 0 Å². The van der Waals surface area contributed by atoms with Gasteiger partial charge in [-0.1, -0.05) is 97.1 Å². The van der Waals surface area contributed by atoms with Crippen LogP contribution >= 0.6 is 0 Å². The van der Waals surface area contributed by atoms with Crippen molar-refractivity contribution in [1.29, 1.82) is 0 Å². The van der Waals surface area contributed by atoms with E-state index in [0.29, 0.717) is 0 Å². The Kier molecular flexibility index (Phi) is 4.53. The fourth-order valence-corrected chi connectivity index (χ4v) is 3.47. The van der Waals surface area contributed by atoms with Gasteiger partial charge in [0.2, 0.25) is 0 Å². The van der Waals surface area contributed by atoms with Crippen LogP contribution in [0.4, 0.5) is 0 Å². The maximum atomic E-state index is 3.96. The molecule has 1 nitrogen and oxygen atoms in total. The molecule has 0 aliphatic rings. The molecule has 0 fully saturated rings. The molecule has 0 bridgehead atoms. The minimum atomic E-state index is 0.782. The molecule has 4 rings (SSSR count). The van der Waals surface area contributed by atoms with Crippen molar-refractivity contribution < 1.29 is 0 Å². The molecule has 0 spiro atoms. The van der Waals surface area contributed by atoms with Gasteiger partial charge in [0.1, 0.15) is 0 Å². The summed E-state index contributed by atoms with van der Waals surface area (Å²) < 4.78 is 2.35. The predicted octanol–water partition coefficient (Wildman–Crippen LogP) is 6.66. The van der Waals surface area contributed by atoms with E-state index in [0.717, 1.165) is 6.54 Å². The Bertz CT molecular complexity index is 1050. The number of para-hydroxylation sites is 1. The Morgan fingerprint density at radius 2 is 1.38 bits per heavy atom. The quantitative estimate of drug-likeness (QED) is 0.359. The fraction of sp³-hybridized carbons (Fsp3) is 0.0400. The van der Waals surface area contributed by atoms with Gasteiger partial charge in [0.05, 0.1) is 5.69 Å². The van der Waals surface area contributed by atoms with Crippen LogP contribution in [0.5, 0.6) is 0 Å². The molecule has 0 saturated carbocycles. The SMILES string of the molecule is C=CCn1c(-c2ccccc2)c(/C=C/c2ccccc2)c2ccccc21. The average molecular weight is 335 g/mol. The number of nitrogens with zero attached hydrogens (tertiary/aromatic N) is 1. The molecule has 0 N–H and O–H groups in total. The van der Waals surface area contributed by atoms with Gasteiger partial charge in [-0.15, -0.1) is 6.58 Å². The summed E-state index contributed by atoms with van der Waals surface area (Å²) in [5, 5.41) is 1.26. The van der Waals surface area contributed by atoms with Gasteiger partial charge in [0.25, 0.3) is 0 Å². The molecule has 126 valence electrons. The van der Waals surface area contributed by atoms with Gasteiger partial charge >= 0.3 is 0 Å². The topological polar surface area (TPSA) is 4.93 Å². The highest BCUT2D eigenvalue weighted by atomic mass is 15.0. The number of aromatic nitrogens is 1. The first-order valence-corrected chi connectivity index (χ1v) is 8.89. The Labute approximate surface area is 154 Å². The van der Waals surface area contributed by atoms with Gasteiger partial charge in [-0.25, -0.2) is 0 Å². The molecule has 0 unspecified atom stereocenters. The summed E-state index contributed by atoms with van der Waals surface area (Å²) in [7, 11) is 0. The van der Waals surface area contributed by atoms with Crippen molar-refractivity contribution in [3.05, 3.63) is 109 Å². The molecule has 1 aromatic heterocycles. The smallest absolute Gasteiger partial charge is 0.0567 e. The predicted molar refractivity (Wildman–Crippen MR) is 113 cm³/mol. The van der Waals surface area contributed by atoms with Crippen molar-refractivity contribution in [2.75, 3.05) is 0 Å². The fourth-order valence-electron chi connectivity index (χ4n) is 3.47. The highest BCUT2D eigenvalue weighted by Gasteiger charge is 2.15. The highest BCUT2D eigenvalue weighted by molar-refractivity contribution is 5.99. The average Bonchev–Trinajstić information content (AvgIpc) is 3.02. The van der Waals surface area contributed by atoms with Crippen LogP contribution in [0.1, 0.15) is 11.1 Å². The first-order chi connectivity index (χ1) is 12.9. The van der Waals surface area contributed by atoms with E-state index in [1.807, 2.05) is 12.1 Å². The molecule has 1 heteroatoms. The van der Waals surface area contributed by atoms with Gasteiger partial charge < -0.3 is 4.57 Å². The maximum Gasteiger partial charge on any atom is 0.0567 e. The zero-order valence-corrected chi connectivity index (χ0v) is 14.7. The third-order valence-electron chi connectivity index (χ3n) is 4.61. The molecule has 26 heavy (non-hydrogen) atoms. The zero-order valence-electron chi connectivity index (χ0n) is 14.7.